The van der Waals surface area contributed by atoms with E-state index in [-0.39, 0.29) is 11.8 Å². The third-order valence-corrected chi connectivity index (χ3v) is 7.12. The van der Waals surface area contributed by atoms with Crippen LogP contribution < -0.4 is 5.32 Å². The van der Waals surface area contributed by atoms with Crippen LogP contribution in [0.3, 0.4) is 0 Å². The Morgan fingerprint density at radius 3 is 2.77 bits per heavy atom. The molecule has 2 aliphatic rings. The van der Waals surface area contributed by atoms with Crippen LogP contribution in [0.15, 0.2) is 24.3 Å². The summed E-state index contributed by atoms with van der Waals surface area (Å²) >= 11 is 5.90. The highest BCUT2D eigenvalue weighted by Gasteiger charge is 2.38. The number of hydrogen-bond acceptors (Lipinski definition) is 5. The molecule has 0 bridgehead atoms. The van der Waals surface area contributed by atoms with Crippen molar-refractivity contribution in [1.82, 2.24) is 24.4 Å². The van der Waals surface area contributed by atoms with E-state index in [1.165, 1.54) is 0 Å². The summed E-state index contributed by atoms with van der Waals surface area (Å²) in [4.78, 5) is 0. The fraction of sp³-hybridized carbons (Fsp3) is 0.529. The van der Waals surface area contributed by atoms with Crippen LogP contribution in [0.5, 0.6) is 0 Å². The fourth-order valence-corrected chi connectivity index (χ4v) is 5.65. The van der Waals surface area contributed by atoms with Gasteiger partial charge in [-0.05, 0) is 30.5 Å². The smallest absolute Gasteiger partial charge is 0.218 e. The van der Waals surface area contributed by atoms with Gasteiger partial charge in [0.2, 0.25) is 10.0 Å². The summed E-state index contributed by atoms with van der Waals surface area (Å²) in [5.41, 5.74) is 0.740. The van der Waals surface area contributed by atoms with Crippen molar-refractivity contribution in [3.63, 3.8) is 0 Å². The van der Waals surface area contributed by atoms with Gasteiger partial charge in [-0.1, -0.05) is 23.7 Å². The summed E-state index contributed by atoms with van der Waals surface area (Å²) in [6.45, 7) is 3.03. The van der Waals surface area contributed by atoms with Gasteiger partial charge in [-0.2, -0.15) is 4.31 Å². The first-order valence-electron chi connectivity index (χ1n) is 8.91. The van der Waals surface area contributed by atoms with Gasteiger partial charge < -0.3 is 9.88 Å². The van der Waals surface area contributed by atoms with E-state index < -0.39 is 10.0 Å². The Morgan fingerprint density at radius 1 is 1.15 bits per heavy atom. The lowest BCUT2D eigenvalue weighted by Gasteiger charge is -2.24. The molecule has 1 atom stereocenters. The molecule has 3 heterocycles. The number of halogens is 1. The molecule has 0 saturated carbocycles. The third kappa shape index (κ3) is 3.51. The molecule has 1 aromatic heterocycles. The second-order valence-corrected chi connectivity index (χ2v) is 9.14. The van der Waals surface area contributed by atoms with Crippen LogP contribution in [0, 0.1) is 0 Å². The summed E-state index contributed by atoms with van der Waals surface area (Å²) in [5.74, 6) is 1.69. The Labute approximate surface area is 158 Å². The molecule has 0 amide bonds. The lowest BCUT2D eigenvalue weighted by Crippen LogP contribution is -2.33. The molecule has 2 aliphatic heterocycles. The molecule has 4 rings (SSSR count). The number of sulfonamides is 1. The van der Waals surface area contributed by atoms with Gasteiger partial charge in [0.05, 0.1) is 11.8 Å². The van der Waals surface area contributed by atoms with E-state index in [2.05, 4.69) is 20.1 Å². The van der Waals surface area contributed by atoms with Gasteiger partial charge in [-0.15, -0.1) is 10.2 Å². The summed E-state index contributed by atoms with van der Waals surface area (Å²) in [7, 11) is -3.44. The van der Waals surface area contributed by atoms with Gasteiger partial charge in [0.25, 0.3) is 0 Å². The van der Waals surface area contributed by atoms with Crippen molar-refractivity contribution in [2.75, 3.05) is 19.6 Å². The zero-order chi connectivity index (χ0) is 18.1. The highest BCUT2D eigenvalue weighted by Crippen LogP contribution is 2.35. The summed E-state index contributed by atoms with van der Waals surface area (Å²) in [6, 6.07) is 6.74. The Morgan fingerprint density at radius 2 is 1.96 bits per heavy atom. The van der Waals surface area contributed by atoms with Crippen LogP contribution in [0.25, 0.3) is 0 Å². The first-order chi connectivity index (χ1) is 12.5. The number of fused-ring (bicyclic) bond motifs is 1. The summed E-state index contributed by atoms with van der Waals surface area (Å²) in [5, 5.41) is 12.6. The molecular formula is C17H22ClN5O2S. The van der Waals surface area contributed by atoms with Crippen LogP contribution in [0.1, 0.15) is 36.1 Å². The molecule has 26 heavy (non-hydrogen) atoms. The average Bonchev–Trinajstić information content (AvgIpc) is 3.18. The maximum Gasteiger partial charge on any atom is 0.218 e. The highest BCUT2D eigenvalue weighted by atomic mass is 35.5. The lowest BCUT2D eigenvalue weighted by atomic mass is 10.2. The van der Waals surface area contributed by atoms with E-state index in [1.54, 1.807) is 28.6 Å². The predicted octanol–water partition coefficient (Wildman–Crippen LogP) is 1.74. The SMILES string of the molecule is O=S(=O)(Cc1ccc(Cl)cc1)N1CCCC1c1nnc2n1CCNCC2. The Balaban J connectivity index is 1.60. The van der Waals surface area contributed by atoms with Gasteiger partial charge >= 0.3 is 0 Å². The molecule has 7 nitrogen and oxygen atoms in total. The number of benzene rings is 1. The minimum atomic E-state index is -3.44. The molecule has 2 aromatic rings. The Hall–Kier alpha value is -1.48. The van der Waals surface area contributed by atoms with Crippen LogP contribution in [0.4, 0.5) is 0 Å². The maximum absolute atomic E-state index is 13.1. The van der Waals surface area contributed by atoms with E-state index >= 15 is 0 Å². The topological polar surface area (TPSA) is 80.1 Å². The van der Waals surface area contributed by atoms with Crippen LogP contribution in [0.2, 0.25) is 5.02 Å². The molecule has 1 unspecified atom stereocenters. The monoisotopic (exact) mass is 395 g/mol. The van der Waals surface area contributed by atoms with Crippen LogP contribution in [-0.4, -0.2) is 47.1 Å². The molecule has 9 heteroatoms. The van der Waals surface area contributed by atoms with Gasteiger partial charge in [-0.3, -0.25) is 0 Å². The predicted molar refractivity (Wildman–Crippen MR) is 99.4 cm³/mol. The van der Waals surface area contributed by atoms with Gasteiger partial charge in [0, 0.05) is 37.6 Å². The van der Waals surface area contributed by atoms with Crippen molar-refractivity contribution in [1.29, 1.82) is 0 Å². The number of rotatable bonds is 4. The maximum atomic E-state index is 13.1. The van der Waals surface area contributed by atoms with Crippen molar-refractivity contribution in [3.05, 3.63) is 46.5 Å². The standard InChI is InChI=1S/C17H22ClN5O2S/c18-14-5-3-13(4-6-14)12-26(24,25)23-10-1-2-15(23)17-21-20-16-7-8-19-9-11-22(16)17/h3-6,15,19H,1-2,7-12H2. The van der Waals surface area contributed by atoms with Gasteiger partial charge in [0.1, 0.15) is 5.82 Å². The zero-order valence-electron chi connectivity index (χ0n) is 14.4. The number of nitrogens with one attached hydrogen (secondary N) is 1. The van der Waals surface area contributed by atoms with Crippen molar-refractivity contribution < 1.29 is 8.42 Å². The average molecular weight is 396 g/mol. The molecule has 0 aliphatic carbocycles. The minimum absolute atomic E-state index is 0.0246. The molecule has 1 saturated heterocycles. The quantitative estimate of drug-likeness (QED) is 0.852. The first kappa shape index (κ1) is 17.9. The molecule has 1 aromatic carbocycles. The number of aromatic nitrogens is 3. The zero-order valence-corrected chi connectivity index (χ0v) is 16.0. The summed E-state index contributed by atoms with van der Waals surface area (Å²) in [6.07, 6.45) is 2.44. The Bertz CT molecular complexity index is 881. The molecule has 1 N–H and O–H groups in total. The highest BCUT2D eigenvalue weighted by molar-refractivity contribution is 7.88. The largest absolute Gasteiger partial charge is 0.315 e. The lowest BCUT2D eigenvalue weighted by molar-refractivity contribution is 0.371. The summed E-state index contributed by atoms with van der Waals surface area (Å²) < 4.78 is 29.8. The number of nitrogens with zero attached hydrogens (tertiary/aromatic N) is 4. The molecular weight excluding hydrogens is 374 g/mol. The molecule has 0 radical (unpaired) electrons. The van der Waals surface area contributed by atoms with Gasteiger partial charge in [0.15, 0.2) is 5.82 Å². The van der Waals surface area contributed by atoms with E-state index in [1.807, 2.05) is 0 Å². The second kappa shape index (κ2) is 7.26. The van der Waals surface area contributed by atoms with E-state index in [0.29, 0.717) is 11.6 Å². The number of hydrogen-bond donors (Lipinski definition) is 1. The second-order valence-electron chi connectivity index (χ2n) is 6.78. The van der Waals surface area contributed by atoms with E-state index in [9.17, 15) is 8.42 Å². The van der Waals surface area contributed by atoms with Crippen molar-refractivity contribution >= 4 is 21.6 Å². The van der Waals surface area contributed by atoms with Crippen molar-refractivity contribution in [2.24, 2.45) is 0 Å². The fourth-order valence-electron chi connectivity index (χ4n) is 3.75. The van der Waals surface area contributed by atoms with E-state index in [0.717, 1.165) is 56.1 Å². The first-order valence-corrected chi connectivity index (χ1v) is 10.9. The Kier molecular flexibility index (Phi) is 5.00. The third-order valence-electron chi connectivity index (χ3n) is 5.01. The van der Waals surface area contributed by atoms with Gasteiger partial charge in [-0.25, -0.2) is 8.42 Å². The molecule has 0 spiro atoms. The minimum Gasteiger partial charge on any atom is -0.315 e. The molecule has 1 fully saturated rings. The van der Waals surface area contributed by atoms with Crippen LogP contribution in [-0.2, 0) is 28.7 Å². The van der Waals surface area contributed by atoms with E-state index in [4.69, 9.17) is 11.6 Å². The van der Waals surface area contributed by atoms with Crippen LogP contribution >= 0.6 is 11.6 Å². The van der Waals surface area contributed by atoms with Crippen molar-refractivity contribution in [3.8, 4) is 0 Å². The normalized spacial score (nSPS) is 21.5. The molecule has 140 valence electrons. The van der Waals surface area contributed by atoms with Crippen molar-refractivity contribution in [2.45, 2.75) is 37.6 Å².